The predicted molar refractivity (Wildman–Crippen MR) is 106 cm³/mol. The lowest BCUT2D eigenvalue weighted by Gasteiger charge is -2.26. The lowest BCUT2D eigenvalue weighted by Crippen LogP contribution is -2.50. The Morgan fingerprint density at radius 3 is 2.61 bits per heavy atom. The van der Waals surface area contributed by atoms with Gasteiger partial charge in [0.05, 0.1) is 11.6 Å². The van der Waals surface area contributed by atoms with Crippen molar-refractivity contribution in [2.24, 2.45) is 5.92 Å². The third-order valence-electron chi connectivity index (χ3n) is 6.26. The molecule has 4 rings (SSSR count). The molecule has 0 aromatic carbocycles. The summed E-state index contributed by atoms with van der Waals surface area (Å²) in [7, 11) is 0. The number of hydrogen-bond donors (Lipinski definition) is 4. The Bertz CT molecular complexity index is 850. The van der Waals surface area contributed by atoms with Gasteiger partial charge in [-0.1, -0.05) is 25.7 Å². The summed E-state index contributed by atoms with van der Waals surface area (Å²) in [4.78, 5) is 31.7. The number of aromatic nitrogens is 2. The maximum atomic E-state index is 13.0. The first-order chi connectivity index (χ1) is 13.6. The van der Waals surface area contributed by atoms with E-state index in [9.17, 15) is 14.7 Å². The minimum absolute atomic E-state index is 0.0941. The van der Waals surface area contributed by atoms with E-state index in [1.54, 1.807) is 6.20 Å². The molecule has 7 heteroatoms. The summed E-state index contributed by atoms with van der Waals surface area (Å²) >= 11 is 0. The minimum atomic E-state index is -0.980. The van der Waals surface area contributed by atoms with Crippen molar-refractivity contribution in [1.82, 2.24) is 20.6 Å². The average molecular weight is 384 g/mol. The average Bonchev–Trinajstić information content (AvgIpc) is 3.43. The van der Waals surface area contributed by atoms with E-state index in [-0.39, 0.29) is 17.5 Å². The van der Waals surface area contributed by atoms with Gasteiger partial charge < -0.3 is 20.7 Å². The maximum Gasteiger partial charge on any atom is 0.337 e. The fraction of sp³-hybridized carbons (Fsp3) is 0.571. The van der Waals surface area contributed by atoms with E-state index in [4.69, 9.17) is 0 Å². The number of rotatable bonds is 7. The van der Waals surface area contributed by atoms with Gasteiger partial charge in [0.25, 0.3) is 0 Å². The number of carbonyl (C=O) groups excluding carboxylic acids is 1. The smallest absolute Gasteiger partial charge is 0.337 e. The molecule has 1 amide bonds. The molecule has 0 radical (unpaired) electrons. The normalized spacial score (nSPS) is 19.3. The number of nitrogens with zero attached hydrogens (tertiary/aromatic N) is 1. The van der Waals surface area contributed by atoms with Crippen LogP contribution in [-0.4, -0.2) is 39.0 Å². The molecular weight excluding hydrogens is 356 g/mol. The van der Waals surface area contributed by atoms with Crippen molar-refractivity contribution in [2.45, 2.75) is 70.0 Å². The topological polar surface area (TPSA) is 107 Å². The van der Waals surface area contributed by atoms with Crippen LogP contribution in [0.25, 0.3) is 11.0 Å². The Morgan fingerprint density at radius 2 is 1.89 bits per heavy atom. The van der Waals surface area contributed by atoms with E-state index >= 15 is 0 Å². The highest BCUT2D eigenvalue weighted by atomic mass is 16.4. The van der Waals surface area contributed by atoms with Crippen LogP contribution in [0.1, 0.15) is 67.3 Å². The van der Waals surface area contributed by atoms with E-state index in [0.29, 0.717) is 29.5 Å². The summed E-state index contributed by atoms with van der Waals surface area (Å²) in [5.74, 6) is -0.549. The molecule has 2 aliphatic rings. The van der Waals surface area contributed by atoms with Gasteiger partial charge in [-0.15, -0.1) is 0 Å². The lowest BCUT2D eigenvalue weighted by molar-refractivity contribution is -0.125. The van der Waals surface area contributed by atoms with Crippen molar-refractivity contribution in [1.29, 1.82) is 0 Å². The predicted octanol–water partition coefficient (Wildman–Crippen LogP) is 2.97. The highest BCUT2D eigenvalue weighted by molar-refractivity contribution is 6.03. The first kappa shape index (κ1) is 18.9. The van der Waals surface area contributed by atoms with Crippen molar-refractivity contribution < 1.29 is 14.7 Å². The standard InChI is InChI=1S/C21H28N4O3/c26-20(25-15-7-3-4-8-15)18(13-5-1-2-6-13)23-11-14-9-10-22-19-17(14)16(12-24-19)21(27)28/h9-10,12-13,15,18,23H,1-8,11H2,(H,22,24)(H,25,26)(H,27,28). The molecule has 2 fully saturated rings. The maximum absolute atomic E-state index is 13.0. The third-order valence-corrected chi connectivity index (χ3v) is 6.26. The summed E-state index contributed by atoms with van der Waals surface area (Å²) in [5.41, 5.74) is 1.62. The number of amides is 1. The fourth-order valence-electron chi connectivity index (χ4n) is 4.79. The Hall–Kier alpha value is -2.41. The van der Waals surface area contributed by atoms with E-state index in [0.717, 1.165) is 31.2 Å². The van der Waals surface area contributed by atoms with E-state index in [1.807, 2.05) is 6.07 Å². The van der Waals surface area contributed by atoms with Gasteiger partial charge in [-0.05, 0) is 43.2 Å². The zero-order valence-corrected chi connectivity index (χ0v) is 16.0. The molecule has 2 saturated carbocycles. The van der Waals surface area contributed by atoms with Crippen molar-refractivity contribution in [3.05, 3.63) is 29.6 Å². The van der Waals surface area contributed by atoms with Gasteiger partial charge >= 0.3 is 5.97 Å². The molecule has 2 heterocycles. The number of pyridine rings is 1. The van der Waals surface area contributed by atoms with Crippen LogP contribution < -0.4 is 10.6 Å². The zero-order chi connectivity index (χ0) is 19.5. The number of hydrogen-bond acceptors (Lipinski definition) is 4. The lowest BCUT2D eigenvalue weighted by atomic mass is 9.96. The van der Waals surface area contributed by atoms with Crippen LogP contribution in [0, 0.1) is 5.92 Å². The summed E-state index contributed by atoms with van der Waals surface area (Å²) in [6.07, 6.45) is 12.1. The molecule has 28 heavy (non-hydrogen) atoms. The number of aromatic carboxylic acids is 1. The zero-order valence-electron chi connectivity index (χ0n) is 16.0. The van der Waals surface area contributed by atoms with Gasteiger partial charge in [0.15, 0.2) is 0 Å². The van der Waals surface area contributed by atoms with Gasteiger partial charge in [-0.25, -0.2) is 9.78 Å². The van der Waals surface area contributed by atoms with Gasteiger partial charge in [-0.3, -0.25) is 4.79 Å². The number of carbonyl (C=O) groups is 2. The van der Waals surface area contributed by atoms with E-state index in [1.165, 1.54) is 31.9 Å². The SMILES string of the molecule is O=C(O)c1c[nH]c2nccc(CNC(C(=O)NC3CCCC3)C3CCCC3)c12. The highest BCUT2D eigenvalue weighted by Crippen LogP contribution is 2.29. The molecule has 2 aliphatic carbocycles. The van der Waals surface area contributed by atoms with Crippen LogP contribution in [0.3, 0.4) is 0 Å². The fourth-order valence-corrected chi connectivity index (χ4v) is 4.79. The first-order valence-electron chi connectivity index (χ1n) is 10.4. The monoisotopic (exact) mass is 384 g/mol. The van der Waals surface area contributed by atoms with E-state index in [2.05, 4.69) is 20.6 Å². The number of nitrogens with one attached hydrogen (secondary N) is 3. The number of H-pyrrole nitrogens is 1. The van der Waals surface area contributed by atoms with Gasteiger partial charge in [0.1, 0.15) is 5.65 Å². The van der Waals surface area contributed by atoms with Crippen molar-refractivity contribution in [3.8, 4) is 0 Å². The molecule has 2 aromatic heterocycles. The minimum Gasteiger partial charge on any atom is -0.478 e. The molecule has 7 nitrogen and oxygen atoms in total. The first-order valence-corrected chi connectivity index (χ1v) is 10.4. The van der Waals surface area contributed by atoms with Gasteiger partial charge in [-0.2, -0.15) is 0 Å². The molecule has 4 N–H and O–H groups in total. The molecular formula is C21H28N4O3. The van der Waals surface area contributed by atoms with E-state index < -0.39 is 5.97 Å². The second kappa shape index (κ2) is 8.31. The molecule has 2 aromatic rings. The number of carboxylic acids is 1. The van der Waals surface area contributed by atoms with Crippen molar-refractivity contribution in [2.75, 3.05) is 0 Å². The van der Waals surface area contributed by atoms with Crippen LogP contribution in [0.5, 0.6) is 0 Å². The molecule has 0 aliphatic heterocycles. The largest absolute Gasteiger partial charge is 0.478 e. The van der Waals surface area contributed by atoms with Crippen molar-refractivity contribution >= 4 is 22.9 Å². The second-order valence-electron chi connectivity index (χ2n) is 8.09. The van der Waals surface area contributed by atoms with Crippen molar-refractivity contribution in [3.63, 3.8) is 0 Å². The molecule has 1 atom stereocenters. The highest BCUT2D eigenvalue weighted by Gasteiger charge is 2.32. The Kier molecular flexibility index (Phi) is 5.62. The quantitative estimate of drug-likeness (QED) is 0.587. The molecule has 0 bridgehead atoms. The van der Waals surface area contributed by atoms with Gasteiger partial charge in [0, 0.05) is 30.4 Å². The van der Waals surface area contributed by atoms with Gasteiger partial charge in [0.2, 0.25) is 5.91 Å². The Labute approximate surface area is 164 Å². The Balaban J connectivity index is 1.52. The number of carboxylic acid groups (broad SMARTS) is 1. The summed E-state index contributed by atoms with van der Waals surface area (Å²) < 4.78 is 0. The Morgan fingerprint density at radius 1 is 1.18 bits per heavy atom. The molecule has 150 valence electrons. The van der Waals surface area contributed by atoms with Crippen LogP contribution in [-0.2, 0) is 11.3 Å². The van der Waals surface area contributed by atoms with Crippen LogP contribution in [0.2, 0.25) is 0 Å². The number of fused-ring (bicyclic) bond motifs is 1. The van der Waals surface area contributed by atoms with Crippen LogP contribution in [0.4, 0.5) is 0 Å². The van der Waals surface area contributed by atoms with Crippen LogP contribution >= 0.6 is 0 Å². The third kappa shape index (κ3) is 3.90. The summed E-state index contributed by atoms with van der Waals surface area (Å²) in [6, 6.07) is 1.89. The summed E-state index contributed by atoms with van der Waals surface area (Å²) in [5, 5.41) is 16.8. The molecule has 0 spiro atoms. The van der Waals surface area contributed by atoms with Crippen LogP contribution in [0.15, 0.2) is 18.5 Å². The molecule has 0 saturated heterocycles. The molecule has 1 unspecified atom stereocenters. The number of aromatic amines is 1. The second-order valence-corrected chi connectivity index (χ2v) is 8.09. The summed E-state index contributed by atoms with van der Waals surface area (Å²) in [6.45, 7) is 0.441.